The van der Waals surface area contributed by atoms with Crippen LogP contribution in [-0.2, 0) is 0 Å². The van der Waals surface area contributed by atoms with Gasteiger partial charge < -0.3 is 9.32 Å². The summed E-state index contributed by atoms with van der Waals surface area (Å²) in [7, 11) is -2.84. The minimum absolute atomic E-state index is 0.853. The number of anilines is 3. The van der Waals surface area contributed by atoms with Crippen LogP contribution < -0.4 is 25.6 Å². The first-order valence-corrected chi connectivity index (χ1v) is 22.9. The third-order valence-corrected chi connectivity index (χ3v) is 17.0. The molecule has 0 fully saturated rings. The second-order valence-electron chi connectivity index (χ2n) is 15.6. The van der Waals surface area contributed by atoms with E-state index in [1.165, 1.54) is 42.6 Å². The summed E-state index contributed by atoms with van der Waals surface area (Å²) in [4.78, 5) is 2.44. The predicted molar refractivity (Wildman–Crippen MR) is 260 cm³/mol. The highest BCUT2D eigenvalue weighted by Gasteiger charge is 2.41. The lowest BCUT2D eigenvalue weighted by Crippen LogP contribution is -2.74. The van der Waals surface area contributed by atoms with Crippen LogP contribution in [0.1, 0.15) is 0 Å². The number of hydrogen-bond donors (Lipinski definition) is 0. The van der Waals surface area contributed by atoms with Crippen molar-refractivity contribution in [2.24, 2.45) is 0 Å². The molecule has 0 unspecified atom stereocenters. The Labute approximate surface area is 357 Å². The van der Waals surface area contributed by atoms with E-state index in [1.807, 2.05) is 0 Å². The molecule has 0 aliphatic rings. The van der Waals surface area contributed by atoms with Crippen molar-refractivity contribution in [2.45, 2.75) is 0 Å². The predicted octanol–water partition coefficient (Wildman–Crippen LogP) is 12.9. The molecule has 2 nitrogen and oxygen atoms in total. The van der Waals surface area contributed by atoms with Gasteiger partial charge >= 0.3 is 0 Å². The zero-order valence-electron chi connectivity index (χ0n) is 33.5. The van der Waals surface area contributed by atoms with Gasteiger partial charge in [0.05, 0.1) is 11.1 Å². The lowest BCUT2D eigenvalue weighted by molar-refractivity contribution is 0.669. The van der Waals surface area contributed by atoms with Crippen molar-refractivity contribution in [2.75, 3.05) is 4.90 Å². The summed E-state index contributed by atoms with van der Waals surface area (Å²) in [6.07, 6.45) is 0. The fourth-order valence-corrected chi connectivity index (χ4v) is 14.3. The van der Waals surface area contributed by atoms with Crippen molar-refractivity contribution in [3.8, 4) is 22.3 Å². The monoisotopic (exact) mass is 795 g/mol. The standard InChI is InChI=1S/C58H41NOSi/c1-5-19-43(20-6-1)53-33-17-35-55-57(53)58-54(34-18-36-56(58)60-55)59(45-39-37-44(38-40-45)52-32-15-22-42-21-13-14-31-51(42)52)46-23-16-30-50(41-46)61(47-24-7-2-8-25-47,48-26-9-3-10-27-48)49-28-11-4-12-29-49/h1-41H. The zero-order valence-corrected chi connectivity index (χ0v) is 34.5. The quantitative estimate of drug-likeness (QED) is 0.107. The molecule has 0 atom stereocenters. The maximum Gasteiger partial charge on any atom is 0.179 e. The Bertz CT molecular complexity index is 3190. The number of fused-ring (bicyclic) bond motifs is 4. The van der Waals surface area contributed by atoms with Gasteiger partial charge in [-0.05, 0) is 96.2 Å². The molecule has 0 saturated heterocycles. The van der Waals surface area contributed by atoms with Gasteiger partial charge in [0.2, 0.25) is 0 Å². The van der Waals surface area contributed by atoms with E-state index in [0.29, 0.717) is 0 Å². The first-order valence-electron chi connectivity index (χ1n) is 20.9. The average Bonchev–Trinajstić information content (AvgIpc) is 3.73. The Morgan fingerprint density at radius 3 is 1.49 bits per heavy atom. The van der Waals surface area contributed by atoms with Gasteiger partial charge in [0.15, 0.2) is 8.07 Å². The molecule has 0 bridgehead atoms. The molecular weight excluding hydrogens is 755 g/mol. The fraction of sp³-hybridized carbons (Fsp3) is 0. The molecule has 0 aliphatic heterocycles. The van der Waals surface area contributed by atoms with Crippen LogP contribution in [0.5, 0.6) is 0 Å². The van der Waals surface area contributed by atoms with Gasteiger partial charge in [-0.1, -0.05) is 206 Å². The summed E-state index contributed by atoms with van der Waals surface area (Å²) in [6.45, 7) is 0. The Balaban J connectivity index is 1.18. The van der Waals surface area contributed by atoms with Crippen LogP contribution in [0.25, 0.3) is 55.0 Å². The Kier molecular flexibility index (Phi) is 9.22. The van der Waals surface area contributed by atoms with Crippen molar-refractivity contribution in [1.82, 2.24) is 0 Å². The minimum Gasteiger partial charge on any atom is -0.456 e. The van der Waals surface area contributed by atoms with Crippen molar-refractivity contribution < 1.29 is 4.42 Å². The van der Waals surface area contributed by atoms with Crippen molar-refractivity contribution in [3.05, 3.63) is 249 Å². The van der Waals surface area contributed by atoms with E-state index in [9.17, 15) is 0 Å². The molecule has 288 valence electrons. The third-order valence-electron chi connectivity index (χ3n) is 12.2. The SMILES string of the molecule is c1ccc(-c2cccc3oc4cccc(N(c5ccc(-c6cccc7ccccc67)cc5)c5cccc([Si](c6ccccc6)(c6ccccc6)c6ccccc6)c5)c4c23)cc1. The summed E-state index contributed by atoms with van der Waals surface area (Å²) in [5.74, 6) is 0. The maximum atomic E-state index is 6.73. The maximum absolute atomic E-state index is 6.73. The normalized spacial score (nSPS) is 11.6. The number of furan rings is 1. The number of nitrogens with zero attached hydrogens (tertiary/aromatic N) is 1. The molecule has 11 rings (SSSR count). The van der Waals surface area contributed by atoms with Gasteiger partial charge in [-0.25, -0.2) is 0 Å². The van der Waals surface area contributed by atoms with Crippen molar-refractivity contribution >= 4 is 78.6 Å². The van der Waals surface area contributed by atoms with E-state index >= 15 is 0 Å². The second-order valence-corrected chi connectivity index (χ2v) is 19.4. The van der Waals surface area contributed by atoms with E-state index in [4.69, 9.17) is 4.42 Å². The Morgan fingerprint density at radius 1 is 0.328 bits per heavy atom. The second kappa shape index (κ2) is 15.5. The molecule has 0 N–H and O–H groups in total. The van der Waals surface area contributed by atoms with Gasteiger partial charge in [0.25, 0.3) is 0 Å². The topological polar surface area (TPSA) is 16.4 Å². The average molecular weight is 796 g/mol. The summed E-state index contributed by atoms with van der Waals surface area (Å²) in [5, 5.41) is 9.99. The third kappa shape index (κ3) is 6.26. The Hall–Kier alpha value is -7.72. The lowest BCUT2D eigenvalue weighted by atomic mass is 9.97. The van der Waals surface area contributed by atoms with Gasteiger partial charge in [0, 0.05) is 16.8 Å². The highest BCUT2D eigenvalue weighted by Crippen LogP contribution is 2.46. The zero-order chi connectivity index (χ0) is 40.6. The van der Waals surface area contributed by atoms with Gasteiger partial charge in [-0.15, -0.1) is 0 Å². The fourth-order valence-electron chi connectivity index (χ4n) is 9.53. The molecule has 3 heteroatoms. The van der Waals surface area contributed by atoms with E-state index in [2.05, 4.69) is 254 Å². The highest BCUT2D eigenvalue weighted by molar-refractivity contribution is 7.19. The lowest BCUT2D eigenvalue weighted by Gasteiger charge is -2.35. The van der Waals surface area contributed by atoms with E-state index in [1.54, 1.807) is 0 Å². The van der Waals surface area contributed by atoms with Gasteiger partial charge in [-0.3, -0.25) is 0 Å². The van der Waals surface area contributed by atoms with E-state index in [0.717, 1.165) is 50.1 Å². The van der Waals surface area contributed by atoms with Gasteiger partial charge in [0.1, 0.15) is 11.2 Å². The van der Waals surface area contributed by atoms with Gasteiger partial charge in [-0.2, -0.15) is 0 Å². The summed E-state index contributed by atoms with van der Waals surface area (Å²) in [6, 6.07) is 90.6. The molecule has 0 spiro atoms. The highest BCUT2D eigenvalue weighted by atomic mass is 28.3. The first-order chi connectivity index (χ1) is 30.3. The van der Waals surface area contributed by atoms with Crippen LogP contribution in [-0.4, -0.2) is 8.07 Å². The molecule has 0 amide bonds. The van der Waals surface area contributed by atoms with Crippen molar-refractivity contribution in [3.63, 3.8) is 0 Å². The molecule has 1 heterocycles. The molecule has 11 aromatic rings. The molecule has 0 radical (unpaired) electrons. The van der Waals surface area contributed by atoms with Crippen LogP contribution in [0.3, 0.4) is 0 Å². The van der Waals surface area contributed by atoms with E-state index in [-0.39, 0.29) is 0 Å². The molecule has 0 saturated carbocycles. The Morgan fingerprint density at radius 2 is 0.820 bits per heavy atom. The van der Waals surface area contributed by atoms with Crippen LogP contribution in [0.15, 0.2) is 253 Å². The minimum atomic E-state index is -2.84. The van der Waals surface area contributed by atoms with Crippen LogP contribution in [0, 0.1) is 0 Å². The number of rotatable bonds is 9. The number of benzene rings is 10. The van der Waals surface area contributed by atoms with Crippen LogP contribution in [0.2, 0.25) is 0 Å². The largest absolute Gasteiger partial charge is 0.456 e. The smallest absolute Gasteiger partial charge is 0.179 e. The molecular formula is C58H41NOSi. The van der Waals surface area contributed by atoms with E-state index < -0.39 is 8.07 Å². The number of hydrogen-bond acceptors (Lipinski definition) is 2. The van der Waals surface area contributed by atoms with Crippen LogP contribution in [0.4, 0.5) is 17.1 Å². The summed E-state index contributed by atoms with van der Waals surface area (Å²) >= 11 is 0. The molecule has 1 aromatic heterocycles. The molecule has 10 aromatic carbocycles. The summed E-state index contributed by atoms with van der Waals surface area (Å²) in [5.41, 5.74) is 9.62. The first kappa shape index (κ1) is 36.4. The molecule has 0 aliphatic carbocycles. The van der Waals surface area contributed by atoms with Crippen molar-refractivity contribution in [1.29, 1.82) is 0 Å². The molecule has 61 heavy (non-hydrogen) atoms. The summed E-state index contributed by atoms with van der Waals surface area (Å²) < 4.78 is 6.73. The van der Waals surface area contributed by atoms with Crippen LogP contribution >= 0.6 is 0 Å².